The number of hydrogen-bond acceptors (Lipinski definition) is 2. The second-order valence-electron chi connectivity index (χ2n) is 1.48. The van der Waals surface area contributed by atoms with Crippen LogP contribution >= 0.6 is 22.6 Å². The second kappa shape index (κ2) is 4.08. The monoisotopic (exact) mass is 229 g/mol. The summed E-state index contributed by atoms with van der Waals surface area (Å²) in [4.78, 5) is 10.0. The first-order chi connectivity index (χ1) is 3.66. The summed E-state index contributed by atoms with van der Waals surface area (Å²) in [6.07, 6.45) is -0.490. The Hall–Kier alpha value is 0.160. The molecule has 3 nitrogen and oxygen atoms in total. The van der Waals surface area contributed by atoms with Crippen molar-refractivity contribution in [2.75, 3.05) is 4.43 Å². The molecule has 0 radical (unpaired) electrons. The van der Waals surface area contributed by atoms with E-state index in [1.165, 1.54) is 0 Å². The quantitative estimate of drug-likeness (QED) is 0.513. The number of carbonyl (C=O) groups excluding carboxylic acids is 1. The fourth-order valence-electron chi connectivity index (χ4n) is 0.287. The first-order valence-electron chi connectivity index (χ1n) is 2.19. The highest BCUT2D eigenvalue weighted by Crippen LogP contribution is 1.94. The molecule has 0 saturated carbocycles. The van der Waals surface area contributed by atoms with Gasteiger partial charge in [0.15, 0.2) is 0 Å². The number of primary amides is 1. The van der Waals surface area contributed by atoms with Crippen molar-refractivity contribution in [3.63, 3.8) is 0 Å². The maximum absolute atomic E-state index is 10.0. The molecule has 0 bridgehead atoms. The number of aliphatic hydroxyl groups excluding tert-OH is 1. The Bertz CT molecular complexity index is 86.1. The van der Waals surface area contributed by atoms with E-state index in [0.717, 1.165) is 0 Å². The Morgan fingerprint density at radius 2 is 2.38 bits per heavy atom. The van der Waals surface area contributed by atoms with Crippen LogP contribution < -0.4 is 5.73 Å². The maximum Gasteiger partial charge on any atom is 0.220 e. The summed E-state index contributed by atoms with van der Waals surface area (Å²) in [5.41, 5.74) is 4.77. The van der Waals surface area contributed by atoms with Gasteiger partial charge >= 0.3 is 0 Å². The van der Waals surface area contributed by atoms with Crippen LogP contribution in [0.15, 0.2) is 0 Å². The van der Waals surface area contributed by atoms with Gasteiger partial charge in [-0.3, -0.25) is 4.79 Å². The number of amides is 1. The Balaban J connectivity index is 3.24. The van der Waals surface area contributed by atoms with Crippen molar-refractivity contribution in [2.24, 2.45) is 5.73 Å². The summed E-state index contributed by atoms with van der Waals surface area (Å²) in [7, 11) is 0. The number of aliphatic hydroxyl groups is 1. The van der Waals surface area contributed by atoms with Crippen LogP contribution in [0, 0.1) is 0 Å². The van der Waals surface area contributed by atoms with Gasteiger partial charge in [0.1, 0.15) is 0 Å². The number of carbonyl (C=O) groups is 1. The van der Waals surface area contributed by atoms with Crippen molar-refractivity contribution in [3.05, 3.63) is 0 Å². The molecule has 4 heteroatoms. The number of rotatable bonds is 3. The molecule has 1 atom stereocenters. The van der Waals surface area contributed by atoms with Gasteiger partial charge in [-0.25, -0.2) is 0 Å². The van der Waals surface area contributed by atoms with Crippen LogP contribution in [0.5, 0.6) is 0 Å². The van der Waals surface area contributed by atoms with Crippen molar-refractivity contribution in [1.29, 1.82) is 0 Å². The van der Waals surface area contributed by atoms with Crippen LogP contribution in [-0.4, -0.2) is 21.5 Å². The minimum absolute atomic E-state index is 0.0724. The molecule has 0 spiro atoms. The molecule has 0 unspecified atom stereocenters. The van der Waals surface area contributed by atoms with Crippen LogP contribution in [0.2, 0.25) is 0 Å². The molecule has 0 aromatic heterocycles. The van der Waals surface area contributed by atoms with Crippen LogP contribution in [0.3, 0.4) is 0 Å². The largest absolute Gasteiger partial charge is 0.392 e. The molecule has 0 heterocycles. The molecule has 0 rings (SSSR count). The van der Waals surface area contributed by atoms with Gasteiger partial charge in [-0.1, -0.05) is 22.6 Å². The average molecular weight is 229 g/mol. The Morgan fingerprint density at radius 3 is 2.50 bits per heavy atom. The van der Waals surface area contributed by atoms with Crippen molar-refractivity contribution in [2.45, 2.75) is 12.5 Å². The van der Waals surface area contributed by atoms with E-state index in [9.17, 15) is 4.79 Å². The minimum atomic E-state index is -0.562. The summed E-state index contributed by atoms with van der Waals surface area (Å²) in [5.74, 6) is -0.450. The van der Waals surface area contributed by atoms with Gasteiger partial charge in [-0.2, -0.15) is 0 Å². The molecule has 0 saturated heterocycles. The van der Waals surface area contributed by atoms with Gasteiger partial charge in [0.2, 0.25) is 5.91 Å². The standard InChI is InChI=1S/C4H8INO2/c5-2-3(7)1-4(6)8/h3,7H,1-2H2,(H2,6,8)/t3-/m0/s1. The molecule has 0 fully saturated rings. The Morgan fingerprint density at radius 1 is 1.88 bits per heavy atom. The van der Waals surface area contributed by atoms with E-state index in [-0.39, 0.29) is 6.42 Å². The molecule has 0 aliphatic rings. The van der Waals surface area contributed by atoms with Gasteiger partial charge in [-0.05, 0) is 0 Å². The van der Waals surface area contributed by atoms with E-state index in [1.807, 2.05) is 22.6 Å². The van der Waals surface area contributed by atoms with E-state index < -0.39 is 12.0 Å². The zero-order valence-corrected chi connectivity index (χ0v) is 6.46. The molecule has 0 aromatic carbocycles. The number of hydrogen-bond donors (Lipinski definition) is 2. The van der Waals surface area contributed by atoms with Crippen LogP contribution in [-0.2, 0) is 4.79 Å². The summed E-state index contributed by atoms with van der Waals surface area (Å²) in [5, 5.41) is 8.72. The molecule has 0 aromatic rings. The number of nitrogens with two attached hydrogens (primary N) is 1. The Kier molecular flexibility index (Phi) is 4.16. The zero-order valence-electron chi connectivity index (χ0n) is 4.30. The maximum atomic E-state index is 10.0. The fourth-order valence-corrected chi connectivity index (χ4v) is 0.598. The third kappa shape index (κ3) is 4.32. The van der Waals surface area contributed by atoms with Gasteiger partial charge in [0, 0.05) is 4.43 Å². The molecule has 1 amide bonds. The van der Waals surface area contributed by atoms with E-state index in [4.69, 9.17) is 10.8 Å². The molecule has 8 heavy (non-hydrogen) atoms. The van der Waals surface area contributed by atoms with Crippen LogP contribution in [0.1, 0.15) is 6.42 Å². The summed E-state index contributed by atoms with van der Waals surface area (Å²) in [6.45, 7) is 0. The smallest absolute Gasteiger partial charge is 0.220 e. The van der Waals surface area contributed by atoms with E-state index in [1.54, 1.807) is 0 Å². The topological polar surface area (TPSA) is 63.3 Å². The van der Waals surface area contributed by atoms with Gasteiger partial charge in [-0.15, -0.1) is 0 Å². The van der Waals surface area contributed by atoms with E-state index >= 15 is 0 Å². The first kappa shape index (κ1) is 8.16. The lowest BCUT2D eigenvalue weighted by atomic mass is 10.3. The lowest BCUT2D eigenvalue weighted by Crippen LogP contribution is -2.20. The van der Waals surface area contributed by atoms with Crippen LogP contribution in [0.4, 0.5) is 0 Å². The highest BCUT2D eigenvalue weighted by atomic mass is 127. The van der Waals surface area contributed by atoms with Crippen molar-refractivity contribution in [1.82, 2.24) is 0 Å². The highest BCUT2D eigenvalue weighted by Gasteiger charge is 2.03. The van der Waals surface area contributed by atoms with Crippen molar-refractivity contribution >= 4 is 28.5 Å². The van der Waals surface area contributed by atoms with E-state index in [2.05, 4.69) is 0 Å². The van der Waals surface area contributed by atoms with E-state index in [0.29, 0.717) is 4.43 Å². The highest BCUT2D eigenvalue weighted by molar-refractivity contribution is 14.1. The molecule has 3 N–H and O–H groups in total. The van der Waals surface area contributed by atoms with Crippen molar-refractivity contribution in [3.8, 4) is 0 Å². The third-order valence-corrected chi connectivity index (χ3v) is 1.63. The third-order valence-electron chi connectivity index (χ3n) is 0.615. The summed E-state index contributed by atoms with van der Waals surface area (Å²) in [6, 6.07) is 0. The zero-order chi connectivity index (χ0) is 6.57. The Labute approximate surface area is 61.4 Å². The molecule has 0 aliphatic carbocycles. The molecule has 0 aliphatic heterocycles. The summed E-state index contributed by atoms with van der Waals surface area (Å²) < 4.78 is 0.556. The van der Waals surface area contributed by atoms with Gasteiger partial charge in [0.05, 0.1) is 12.5 Å². The first-order valence-corrected chi connectivity index (χ1v) is 3.71. The van der Waals surface area contributed by atoms with Gasteiger partial charge in [0.25, 0.3) is 0 Å². The normalized spacial score (nSPS) is 13.2. The van der Waals surface area contributed by atoms with Crippen LogP contribution in [0.25, 0.3) is 0 Å². The minimum Gasteiger partial charge on any atom is -0.392 e. The predicted octanol–water partition coefficient (Wildman–Crippen LogP) is -0.342. The summed E-state index contributed by atoms with van der Waals surface area (Å²) >= 11 is 1.99. The number of alkyl halides is 1. The molecule has 48 valence electrons. The molecular weight excluding hydrogens is 221 g/mol. The lowest BCUT2D eigenvalue weighted by molar-refractivity contribution is -0.119. The average Bonchev–Trinajstić information content (AvgIpc) is 1.65. The van der Waals surface area contributed by atoms with Crippen molar-refractivity contribution < 1.29 is 9.90 Å². The SMILES string of the molecule is NC(=O)C[C@H](O)CI. The fraction of sp³-hybridized carbons (Fsp3) is 0.750. The molecular formula is C4H8INO2. The lowest BCUT2D eigenvalue weighted by Gasteiger charge is -1.99. The van der Waals surface area contributed by atoms with Gasteiger partial charge < -0.3 is 10.8 Å². The second-order valence-corrected chi connectivity index (χ2v) is 2.36. The number of halogens is 1. The predicted molar refractivity (Wildman–Crippen MR) is 38.7 cm³/mol.